The molecule has 0 aliphatic heterocycles. The van der Waals surface area contributed by atoms with Gasteiger partial charge in [0.1, 0.15) is 6.04 Å². The third kappa shape index (κ3) is 5.50. The molecule has 3 atom stereocenters. The summed E-state index contributed by atoms with van der Waals surface area (Å²) in [5, 5.41) is 12.4. The van der Waals surface area contributed by atoms with Crippen molar-refractivity contribution in [1.29, 1.82) is 0 Å². The van der Waals surface area contributed by atoms with Gasteiger partial charge in [-0.1, -0.05) is 41.0 Å². The zero-order valence-electron chi connectivity index (χ0n) is 11.3. The molecule has 0 aliphatic rings. The van der Waals surface area contributed by atoms with Crippen molar-refractivity contribution in [3.63, 3.8) is 0 Å². The monoisotopic (exact) mass is 229 g/mol. The molecule has 0 rings (SSSR count). The van der Waals surface area contributed by atoms with Crippen molar-refractivity contribution in [2.24, 2.45) is 11.8 Å². The second kappa shape index (κ2) is 7.66. The zero-order valence-corrected chi connectivity index (χ0v) is 11.3. The van der Waals surface area contributed by atoms with Crippen LogP contribution in [0.15, 0.2) is 0 Å². The normalized spacial score (nSPS) is 17.1. The number of hydrogen-bond acceptors (Lipinski definition) is 2. The molecule has 96 valence electrons. The van der Waals surface area contributed by atoms with Crippen LogP contribution in [0.1, 0.15) is 53.9 Å². The van der Waals surface area contributed by atoms with E-state index in [1.54, 1.807) is 0 Å². The summed E-state index contributed by atoms with van der Waals surface area (Å²) in [6.07, 6.45) is 3.20. The lowest BCUT2D eigenvalue weighted by Gasteiger charge is -2.26. The molecule has 0 amide bonds. The van der Waals surface area contributed by atoms with Crippen LogP contribution in [0.5, 0.6) is 0 Å². The van der Waals surface area contributed by atoms with E-state index >= 15 is 0 Å². The summed E-state index contributed by atoms with van der Waals surface area (Å²) in [6.45, 7) is 10.4. The Morgan fingerprint density at radius 3 is 2.06 bits per heavy atom. The molecular weight excluding hydrogens is 202 g/mol. The first kappa shape index (κ1) is 15.4. The maximum Gasteiger partial charge on any atom is 0.320 e. The highest BCUT2D eigenvalue weighted by molar-refractivity contribution is 5.73. The standard InChI is InChI=1S/C13H27NO2/c1-6-10(5)8-11(7-2)14-12(9(3)4)13(15)16/h9-12,14H,6-8H2,1-5H3,(H,15,16). The van der Waals surface area contributed by atoms with Crippen LogP contribution in [0.25, 0.3) is 0 Å². The lowest BCUT2D eigenvalue weighted by atomic mass is 9.95. The average molecular weight is 229 g/mol. The lowest BCUT2D eigenvalue weighted by Crippen LogP contribution is -2.46. The maximum atomic E-state index is 11.1. The number of carboxylic acid groups (broad SMARTS) is 1. The lowest BCUT2D eigenvalue weighted by molar-refractivity contribution is -0.141. The SMILES string of the molecule is CCC(C)CC(CC)NC(C(=O)O)C(C)C. The number of carboxylic acids is 1. The smallest absolute Gasteiger partial charge is 0.320 e. The fourth-order valence-corrected chi connectivity index (χ4v) is 1.81. The van der Waals surface area contributed by atoms with E-state index in [9.17, 15) is 4.79 Å². The molecule has 0 saturated carbocycles. The Hall–Kier alpha value is -0.570. The van der Waals surface area contributed by atoms with Gasteiger partial charge in [0.05, 0.1) is 0 Å². The molecule has 0 saturated heterocycles. The molecule has 3 unspecified atom stereocenters. The summed E-state index contributed by atoms with van der Waals surface area (Å²) >= 11 is 0. The van der Waals surface area contributed by atoms with E-state index in [1.165, 1.54) is 0 Å². The minimum atomic E-state index is -0.738. The molecule has 0 aromatic rings. The fraction of sp³-hybridized carbons (Fsp3) is 0.923. The molecule has 0 bridgehead atoms. The van der Waals surface area contributed by atoms with E-state index < -0.39 is 12.0 Å². The summed E-state index contributed by atoms with van der Waals surface area (Å²) in [5.74, 6) is 0.0418. The van der Waals surface area contributed by atoms with Crippen LogP contribution < -0.4 is 5.32 Å². The average Bonchev–Trinajstić information content (AvgIpc) is 2.22. The predicted molar refractivity (Wildman–Crippen MR) is 67.5 cm³/mol. The quantitative estimate of drug-likeness (QED) is 0.673. The van der Waals surface area contributed by atoms with Gasteiger partial charge in [-0.15, -0.1) is 0 Å². The molecule has 16 heavy (non-hydrogen) atoms. The predicted octanol–water partition coefficient (Wildman–Crippen LogP) is 2.90. The Morgan fingerprint density at radius 1 is 1.19 bits per heavy atom. The first-order valence-corrected chi connectivity index (χ1v) is 6.41. The van der Waals surface area contributed by atoms with Crippen molar-refractivity contribution in [2.45, 2.75) is 66.0 Å². The topological polar surface area (TPSA) is 49.3 Å². The Kier molecular flexibility index (Phi) is 7.39. The molecule has 2 N–H and O–H groups in total. The van der Waals surface area contributed by atoms with Crippen LogP contribution in [0.2, 0.25) is 0 Å². The highest BCUT2D eigenvalue weighted by atomic mass is 16.4. The summed E-state index contributed by atoms with van der Waals surface area (Å²) in [7, 11) is 0. The van der Waals surface area contributed by atoms with Crippen molar-refractivity contribution in [3.8, 4) is 0 Å². The van der Waals surface area contributed by atoms with E-state index in [-0.39, 0.29) is 5.92 Å². The van der Waals surface area contributed by atoms with Gasteiger partial charge >= 0.3 is 5.97 Å². The Bertz CT molecular complexity index is 204. The molecule has 0 aromatic carbocycles. The van der Waals surface area contributed by atoms with Crippen LogP contribution in [-0.4, -0.2) is 23.2 Å². The van der Waals surface area contributed by atoms with Crippen LogP contribution in [0.3, 0.4) is 0 Å². The minimum absolute atomic E-state index is 0.128. The third-order valence-electron chi connectivity index (χ3n) is 3.22. The second-order valence-corrected chi connectivity index (χ2v) is 5.08. The van der Waals surface area contributed by atoms with Crippen LogP contribution in [0, 0.1) is 11.8 Å². The highest BCUT2D eigenvalue weighted by Crippen LogP contribution is 2.14. The number of hydrogen-bond donors (Lipinski definition) is 2. The van der Waals surface area contributed by atoms with E-state index in [4.69, 9.17) is 5.11 Å². The number of aliphatic carboxylic acids is 1. The maximum absolute atomic E-state index is 11.1. The summed E-state index contributed by atoms with van der Waals surface area (Å²) in [4.78, 5) is 11.1. The van der Waals surface area contributed by atoms with E-state index in [0.29, 0.717) is 12.0 Å². The van der Waals surface area contributed by atoms with Crippen LogP contribution >= 0.6 is 0 Å². The van der Waals surface area contributed by atoms with Crippen molar-refractivity contribution in [2.75, 3.05) is 0 Å². The summed E-state index contributed by atoms with van der Waals surface area (Å²) in [6, 6.07) is -0.104. The van der Waals surface area contributed by atoms with Gasteiger partial charge in [0.2, 0.25) is 0 Å². The largest absolute Gasteiger partial charge is 0.480 e. The fourth-order valence-electron chi connectivity index (χ4n) is 1.81. The van der Waals surface area contributed by atoms with Gasteiger partial charge in [0.25, 0.3) is 0 Å². The summed E-state index contributed by atoms with van der Waals surface area (Å²) < 4.78 is 0. The molecule has 0 aromatic heterocycles. The molecule has 3 heteroatoms. The van der Waals surface area contributed by atoms with Gasteiger partial charge in [-0.05, 0) is 24.7 Å². The molecular formula is C13H27NO2. The Morgan fingerprint density at radius 2 is 1.75 bits per heavy atom. The molecule has 0 spiro atoms. The third-order valence-corrected chi connectivity index (χ3v) is 3.22. The van der Waals surface area contributed by atoms with Crippen molar-refractivity contribution in [1.82, 2.24) is 5.32 Å². The van der Waals surface area contributed by atoms with E-state index in [1.807, 2.05) is 13.8 Å². The minimum Gasteiger partial charge on any atom is -0.480 e. The van der Waals surface area contributed by atoms with Gasteiger partial charge in [0.15, 0.2) is 0 Å². The van der Waals surface area contributed by atoms with Crippen LogP contribution in [0.4, 0.5) is 0 Å². The van der Waals surface area contributed by atoms with Crippen molar-refractivity contribution < 1.29 is 9.90 Å². The molecule has 0 aliphatic carbocycles. The molecule has 0 fully saturated rings. The van der Waals surface area contributed by atoms with Gasteiger partial charge in [0, 0.05) is 6.04 Å². The van der Waals surface area contributed by atoms with E-state index in [2.05, 4.69) is 26.1 Å². The Labute approximate surface area is 99.6 Å². The first-order valence-electron chi connectivity index (χ1n) is 6.41. The van der Waals surface area contributed by atoms with Crippen molar-refractivity contribution in [3.05, 3.63) is 0 Å². The zero-order chi connectivity index (χ0) is 12.7. The number of nitrogens with one attached hydrogen (secondary N) is 1. The molecule has 0 radical (unpaired) electrons. The van der Waals surface area contributed by atoms with E-state index in [0.717, 1.165) is 19.3 Å². The molecule has 3 nitrogen and oxygen atoms in total. The Balaban J connectivity index is 4.32. The van der Waals surface area contributed by atoms with Crippen molar-refractivity contribution >= 4 is 5.97 Å². The highest BCUT2D eigenvalue weighted by Gasteiger charge is 2.24. The number of rotatable bonds is 8. The summed E-state index contributed by atoms with van der Waals surface area (Å²) in [5.41, 5.74) is 0. The van der Waals surface area contributed by atoms with Gasteiger partial charge in [-0.3, -0.25) is 4.79 Å². The number of carbonyl (C=O) groups is 1. The van der Waals surface area contributed by atoms with Gasteiger partial charge in [-0.25, -0.2) is 0 Å². The first-order chi connectivity index (χ1) is 7.42. The van der Waals surface area contributed by atoms with Gasteiger partial charge in [-0.2, -0.15) is 0 Å². The molecule has 0 heterocycles. The van der Waals surface area contributed by atoms with Gasteiger partial charge < -0.3 is 10.4 Å². The second-order valence-electron chi connectivity index (χ2n) is 5.08. The van der Waals surface area contributed by atoms with Crippen LogP contribution in [-0.2, 0) is 4.79 Å².